The third-order valence-corrected chi connectivity index (χ3v) is 5.03. The minimum Gasteiger partial charge on any atom is -0.406 e. The van der Waals surface area contributed by atoms with Crippen LogP contribution in [0.3, 0.4) is 0 Å². The van der Waals surface area contributed by atoms with Gasteiger partial charge in [0.2, 0.25) is 5.91 Å². The van der Waals surface area contributed by atoms with Gasteiger partial charge in [0.1, 0.15) is 6.54 Å². The molecule has 30 heavy (non-hydrogen) atoms. The van der Waals surface area contributed by atoms with Crippen LogP contribution >= 0.6 is 0 Å². The van der Waals surface area contributed by atoms with Crippen molar-refractivity contribution >= 4 is 27.9 Å². The number of aromatic nitrogens is 4. The van der Waals surface area contributed by atoms with Crippen molar-refractivity contribution in [3.05, 3.63) is 69.2 Å². The van der Waals surface area contributed by atoms with E-state index in [9.17, 15) is 14.4 Å². The van der Waals surface area contributed by atoms with Crippen LogP contribution in [-0.2, 0) is 17.9 Å². The second-order valence-electron chi connectivity index (χ2n) is 7.07. The summed E-state index contributed by atoms with van der Waals surface area (Å²) >= 11 is 0. The van der Waals surface area contributed by atoms with Gasteiger partial charge in [-0.1, -0.05) is 25.1 Å². The maximum atomic E-state index is 12.7. The van der Waals surface area contributed by atoms with Gasteiger partial charge in [-0.3, -0.25) is 14.2 Å². The van der Waals surface area contributed by atoms with Crippen molar-refractivity contribution in [2.45, 2.75) is 39.4 Å². The number of amides is 1. The summed E-state index contributed by atoms with van der Waals surface area (Å²) in [4.78, 5) is 41.6. The SMILES string of the molecule is CC[C@H](Cn1c(=O)oc2cccnc21)NC(=O)Cn1nc(C)c2ccccc2c1=O. The van der Waals surface area contributed by atoms with Crippen LogP contribution in [0.1, 0.15) is 19.0 Å². The van der Waals surface area contributed by atoms with Crippen molar-refractivity contribution in [3.63, 3.8) is 0 Å². The molecule has 0 bridgehead atoms. The number of rotatable bonds is 6. The molecule has 0 spiro atoms. The first-order valence-corrected chi connectivity index (χ1v) is 9.68. The summed E-state index contributed by atoms with van der Waals surface area (Å²) in [7, 11) is 0. The van der Waals surface area contributed by atoms with Crippen LogP contribution in [0.15, 0.2) is 56.6 Å². The van der Waals surface area contributed by atoms with Crippen LogP contribution in [0, 0.1) is 6.92 Å². The van der Waals surface area contributed by atoms with Crippen molar-refractivity contribution in [1.29, 1.82) is 0 Å². The Labute approximate surface area is 171 Å². The summed E-state index contributed by atoms with van der Waals surface area (Å²) in [5, 5.41) is 8.43. The van der Waals surface area contributed by atoms with Crippen LogP contribution in [0.2, 0.25) is 0 Å². The van der Waals surface area contributed by atoms with E-state index in [0.717, 1.165) is 5.39 Å². The number of oxazole rings is 1. The third kappa shape index (κ3) is 3.61. The zero-order valence-corrected chi connectivity index (χ0v) is 16.7. The highest BCUT2D eigenvalue weighted by atomic mass is 16.4. The number of carbonyl (C=O) groups is 1. The van der Waals surface area contributed by atoms with Crippen LogP contribution in [0.25, 0.3) is 22.0 Å². The molecule has 1 amide bonds. The minimum atomic E-state index is -0.528. The molecule has 9 nitrogen and oxygen atoms in total. The molecule has 1 aromatic carbocycles. The molecule has 1 N–H and O–H groups in total. The highest BCUT2D eigenvalue weighted by Crippen LogP contribution is 2.12. The average Bonchev–Trinajstić information content (AvgIpc) is 3.06. The van der Waals surface area contributed by atoms with E-state index in [4.69, 9.17) is 4.42 Å². The van der Waals surface area contributed by atoms with Crippen LogP contribution < -0.4 is 16.6 Å². The van der Waals surface area contributed by atoms with Gasteiger partial charge >= 0.3 is 5.76 Å². The van der Waals surface area contributed by atoms with E-state index >= 15 is 0 Å². The number of pyridine rings is 1. The Morgan fingerprint density at radius 2 is 1.93 bits per heavy atom. The second-order valence-corrected chi connectivity index (χ2v) is 7.07. The molecule has 3 heterocycles. The molecule has 3 aromatic heterocycles. The molecular weight excluding hydrogens is 386 g/mol. The van der Waals surface area contributed by atoms with Gasteiger partial charge in [-0.25, -0.2) is 14.5 Å². The van der Waals surface area contributed by atoms with Gasteiger partial charge in [-0.05, 0) is 31.5 Å². The summed E-state index contributed by atoms with van der Waals surface area (Å²) < 4.78 is 7.76. The molecular formula is C21H21N5O4. The Balaban J connectivity index is 1.54. The Kier molecular flexibility index (Phi) is 5.18. The molecule has 0 radical (unpaired) electrons. The van der Waals surface area contributed by atoms with Gasteiger partial charge in [0, 0.05) is 17.6 Å². The maximum absolute atomic E-state index is 12.7. The molecule has 0 aliphatic heterocycles. The van der Waals surface area contributed by atoms with Gasteiger partial charge in [0.05, 0.1) is 17.6 Å². The number of aryl methyl sites for hydroxylation is 1. The first-order valence-electron chi connectivity index (χ1n) is 9.68. The van der Waals surface area contributed by atoms with Crippen LogP contribution in [0.4, 0.5) is 0 Å². The van der Waals surface area contributed by atoms with E-state index in [1.165, 1.54) is 9.25 Å². The van der Waals surface area contributed by atoms with Crippen LogP contribution in [0.5, 0.6) is 0 Å². The lowest BCUT2D eigenvalue weighted by Gasteiger charge is -2.17. The smallest absolute Gasteiger partial charge is 0.406 e. The summed E-state index contributed by atoms with van der Waals surface area (Å²) in [6.45, 7) is 3.70. The molecule has 4 aromatic rings. The monoisotopic (exact) mass is 407 g/mol. The quantitative estimate of drug-likeness (QED) is 0.520. The Morgan fingerprint density at radius 1 is 1.17 bits per heavy atom. The fourth-order valence-corrected chi connectivity index (χ4v) is 3.48. The number of nitrogens with one attached hydrogen (secondary N) is 1. The van der Waals surface area contributed by atoms with Crippen molar-refractivity contribution in [2.24, 2.45) is 0 Å². The van der Waals surface area contributed by atoms with Gasteiger partial charge in [-0.2, -0.15) is 5.10 Å². The van der Waals surface area contributed by atoms with Crippen molar-refractivity contribution in [2.75, 3.05) is 0 Å². The topological polar surface area (TPSA) is 112 Å². The van der Waals surface area contributed by atoms with E-state index in [-0.39, 0.29) is 30.6 Å². The fourth-order valence-electron chi connectivity index (χ4n) is 3.48. The van der Waals surface area contributed by atoms with Gasteiger partial charge < -0.3 is 9.73 Å². The number of hydrogen-bond acceptors (Lipinski definition) is 6. The fraction of sp³-hybridized carbons (Fsp3) is 0.286. The number of hydrogen-bond donors (Lipinski definition) is 1. The molecule has 0 fully saturated rings. The van der Waals surface area contributed by atoms with E-state index in [1.54, 1.807) is 37.4 Å². The zero-order chi connectivity index (χ0) is 21.3. The van der Waals surface area contributed by atoms with Crippen LogP contribution in [-0.4, -0.2) is 31.3 Å². The molecule has 0 saturated carbocycles. The predicted octanol–water partition coefficient (Wildman–Crippen LogP) is 1.60. The summed E-state index contributed by atoms with van der Waals surface area (Å²) in [5.41, 5.74) is 1.18. The number of nitrogens with zero attached hydrogens (tertiary/aromatic N) is 4. The Hall–Kier alpha value is -3.75. The number of fused-ring (bicyclic) bond motifs is 2. The average molecular weight is 407 g/mol. The summed E-state index contributed by atoms with van der Waals surface area (Å²) in [6, 6.07) is 10.2. The first-order chi connectivity index (χ1) is 14.5. The highest BCUT2D eigenvalue weighted by Gasteiger charge is 2.18. The van der Waals surface area contributed by atoms with Gasteiger partial charge in [-0.15, -0.1) is 0 Å². The van der Waals surface area contributed by atoms with E-state index in [2.05, 4.69) is 15.4 Å². The first kappa shape index (κ1) is 19.6. The van der Waals surface area contributed by atoms with Crippen molar-refractivity contribution in [3.8, 4) is 0 Å². The van der Waals surface area contributed by atoms with E-state index in [1.807, 2.05) is 19.1 Å². The maximum Gasteiger partial charge on any atom is 0.421 e. The zero-order valence-electron chi connectivity index (χ0n) is 16.7. The Morgan fingerprint density at radius 3 is 2.70 bits per heavy atom. The predicted molar refractivity (Wildman–Crippen MR) is 111 cm³/mol. The lowest BCUT2D eigenvalue weighted by Crippen LogP contribution is -2.42. The number of carbonyl (C=O) groups excluding carboxylic acids is 1. The lowest BCUT2D eigenvalue weighted by molar-refractivity contribution is -0.122. The summed E-state index contributed by atoms with van der Waals surface area (Å²) in [5.74, 6) is -0.889. The van der Waals surface area contributed by atoms with E-state index in [0.29, 0.717) is 28.7 Å². The van der Waals surface area contributed by atoms with E-state index < -0.39 is 5.76 Å². The molecule has 0 unspecified atom stereocenters. The summed E-state index contributed by atoms with van der Waals surface area (Å²) in [6.07, 6.45) is 2.16. The second kappa shape index (κ2) is 7.94. The van der Waals surface area contributed by atoms with Crippen molar-refractivity contribution in [1.82, 2.24) is 24.6 Å². The standard InChI is InChI=1S/C21H21N5O4/c1-3-14(11-25-19-17(30-21(25)29)9-6-10-22-19)23-18(27)12-26-20(28)16-8-5-4-7-15(16)13(2)24-26/h4-10,14H,3,11-12H2,1-2H3,(H,23,27)/t14-/m1/s1. The normalized spacial score (nSPS) is 12.3. The van der Waals surface area contributed by atoms with Gasteiger partial charge in [0.15, 0.2) is 11.2 Å². The lowest BCUT2D eigenvalue weighted by atomic mass is 10.1. The molecule has 1 atom stereocenters. The molecule has 9 heteroatoms. The minimum absolute atomic E-state index is 0.208. The number of benzene rings is 1. The largest absolute Gasteiger partial charge is 0.421 e. The molecule has 0 aliphatic carbocycles. The van der Waals surface area contributed by atoms with Crippen molar-refractivity contribution < 1.29 is 9.21 Å². The third-order valence-electron chi connectivity index (χ3n) is 5.03. The molecule has 154 valence electrons. The highest BCUT2D eigenvalue weighted by molar-refractivity contribution is 5.83. The van der Waals surface area contributed by atoms with Gasteiger partial charge in [0.25, 0.3) is 5.56 Å². The molecule has 4 rings (SSSR count). The molecule has 0 saturated heterocycles. The Bertz CT molecular complexity index is 1350. The molecule has 0 aliphatic rings.